The molecule has 21 heavy (non-hydrogen) atoms. The number of ether oxygens (including phenoxy) is 1. The van der Waals surface area contributed by atoms with Gasteiger partial charge in [0.1, 0.15) is 5.75 Å². The Morgan fingerprint density at radius 1 is 1.14 bits per heavy atom. The molecular weight excluding hydrogens is 284 g/mol. The van der Waals surface area contributed by atoms with Gasteiger partial charge in [0.25, 0.3) is 0 Å². The van der Waals surface area contributed by atoms with Crippen molar-refractivity contribution >= 4 is 22.4 Å². The number of halogens is 1. The molecule has 106 valence electrons. The van der Waals surface area contributed by atoms with Crippen LogP contribution in [-0.2, 0) is 6.54 Å². The molecule has 0 aliphatic heterocycles. The van der Waals surface area contributed by atoms with E-state index in [1.807, 2.05) is 49.4 Å². The number of benzene rings is 2. The summed E-state index contributed by atoms with van der Waals surface area (Å²) >= 11 is 6.18. The molecule has 3 aromatic rings. The number of fused-ring (bicyclic) bond motifs is 1. The Labute approximate surface area is 128 Å². The third-order valence-corrected chi connectivity index (χ3v) is 3.67. The normalized spacial score (nSPS) is 10.8. The monoisotopic (exact) mass is 298 g/mol. The van der Waals surface area contributed by atoms with Gasteiger partial charge >= 0.3 is 0 Å². The van der Waals surface area contributed by atoms with Crippen LogP contribution in [0.15, 0.2) is 48.7 Å². The summed E-state index contributed by atoms with van der Waals surface area (Å²) in [6.07, 6.45) is 1.75. The number of nitrogens with two attached hydrogens (primary N) is 1. The Morgan fingerprint density at radius 3 is 2.67 bits per heavy atom. The van der Waals surface area contributed by atoms with Gasteiger partial charge in [-0.15, -0.1) is 0 Å². The highest BCUT2D eigenvalue weighted by Crippen LogP contribution is 2.33. The Hall–Kier alpha value is -2.10. The quantitative estimate of drug-likeness (QED) is 0.777. The first-order chi connectivity index (χ1) is 10.2. The van der Waals surface area contributed by atoms with Crippen molar-refractivity contribution in [3.8, 4) is 11.6 Å². The maximum absolute atomic E-state index is 6.18. The van der Waals surface area contributed by atoms with Gasteiger partial charge in [0.15, 0.2) is 0 Å². The summed E-state index contributed by atoms with van der Waals surface area (Å²) in [5.74, 6) is 1.14. The van der Waals surface area contributed by atoms with Gasteiger partial charge in [0.05, 0.1) is 5.02 Å². The van der Waals surface area contributed by atoms with Gasteiger partial charge in [-0.25, -0.2) is 4.98 Å². The van der Waals surface area contributed by atoms with Crippen molar-refractivity contribution < 1.29 is 4.74 Å². The van der Waals surface area contributed by atoms with Crippen LogP contribution in [0.1, 0.15) is 11.1 Å². The van der Waals surface area contributed by atoms with Crippen LogP contribution in [0.3, 0.4) is 0 Å². The fraction of sp³-hybridized carbons (Fsp3) is 0.118. The van der Waals surface area contributed by atoms with E-state index in [0.29, 0.717) is 23.2 Å². The molecule has 0 spiro atoms. The van der Waals surface area contributed by atoms with Crippen LogP contribution in [0, 0.1) is 6.92 Å². The molecule has 0 aliphatic carbocycles. The third-order valence-electron chi connectivity index (χ3n) is 3.35. The first kappa shape index (κ1) is 13.9. The molecule has 0 atom stereocenters. The smallest absolute Gasteiger partial charge is 0.227 e. The van der Waals surface area contributed by atoms with Gasteiger partial charge in [-0.2, -0.15) is 0 Å². The molecule has 3 rings (SSSR count). The largest absolute Gasteiger partial charge is 0.437 e. The number of rotatable bonds is 3. The Morgan fingerprint density at radius 2 is 1.90 bits per heavy atom. The highest BCUT2D eigenvalue weighted by molar-refractivity contribution is 6.32. The van der Waals surface area contributed by atoms with Gasteiger partial charge in [-0.05, 0) is 41.6 Å². The highest BCUT2D eigenvalue weighted by Gasteiger charge is 2.10. The zero-order valence-electron chi connectivity index (χ0n) is 11.6. The van der Waals surface area contributed by atoms with Crippen molar-refractivity contribution in [1.82, 2.24) is 4.98 Å². The van der Waals surface area contributed by atoms with Crippen LogP contribution in [-0.4, -0.2) is 4.98 Å². The molecule has 2 aromatic carbocycles. The van der Waals surface area contributed by atoms with E-state index in [1.165, 1.54) is 0 Å². The summed E-state index contributed by atoms with van der Waals surface area (Å²) in [5.41, 5.74) is 7.84. The predicted molar refractivity (Wildman–Crippen MR) is 85.9 cm³/mol. The molecule has 0 bridgehead atoms. The third kappa shape index (κ3) is 2.71. The molecule has 1 heterocycles. The molecule has 0 saturated carbocycles. The lowest BCUT2D eigenvalue weighted by atomic mass is 10.1. The van der Waals surface area contributed by atoms with Gasteiger partial charge in [0.2, 0.25) is 5.88 Å². The van der Waals surface area contributed by atoms with Gasteiger partial charge < -0.3 is 10.5 Å². The van der Waals surface area contributed by atoms with Crippen LogP contribution < -0.4 is 10.5 Å². The molecule has 2 N–H and O–H groups in total. The minimum atomic E-state index is 0.443. The van der Waals surface area contributed by atoms with Crippen LogP contribution in [0.2, 0.25) is 5.02 Å². The first-order valence-electron chi connectivity index (χ1n) is 6.69. The van der Waals surface area contributed by atoms with E-state index < -0.39 is 0 Å². The molecule has 0 amide bonds. The van der Waals surface area contributed by atoms with Crippen LogP contribution in [0.4, 0.5) is 0 Å². The average molecular weight is 299 g/mol. The van der Waals surface area contributed by atoms with E-state index in [-0.39, 0.29) is 0 Å². The number of aromatic nitrogens is 1. The lowest BCUT2D eigenvalue weighted by Gasteiger charge is -2.11. The molecule has 0 saturated heterocycles. The molecule has 1 aromatic heterocycles. The Balaban J connectivity index is 2.11. The van der Waals surface area contributed by atoms with Crippen molar-refractivity contribution in [3.63, 3.8) is 0 Å². The molecule has 0 radical (unpaired) electrons. The second-order valence-corrected chi connectivity index (χ2v) is 5.28. The minimum Gasteiger partial charge on any atom is -0.437 e. The topological polar surface area (TPSA) is 48.1 Å². The molecular formula is C17H15ClN2O. The van der Waals surface area contributed by atoms with E-state index in [0.717, 1.165) is 21.9 Å². The van der Waals surface area contributed by atoms with Crippen LogP contribution in [0.25, 0.3) is 10.8 Å². The first-order valence-corrected chi connectivity index (χ1v) is 7.07. The van der Waals surface area contributed by atoms with Crippen molar-refractivity contribution in [2.75, 3.05) is 0 Å². The van der Waals surface area contributed by atoms with E-state index in [9.17, 15) is 0 Å². The van der Waals surface area contributed by atoms with E-state index in [2.05, 4.69) is 4.98 Å². The van der Waals surface area contributed by atoms with Crippen molar-refractivity contribution in [2.24, 2.45) is 5.73 Å². The maximum atomic E-state index is 6.18. The standard InChI is InChI=1S/C17H15ClN2O/c1-11-6-7-15(18)16(8-11)21-17-14-5-3-2-4-13(14)12(9-19)10-20-17/h2-8,10H,9,19H2,1H3. The van der Waals surface area contributed by atoms with Crippen molar-refractivity contribution in [2.45, 2.75) is 13.5 Å². The summed E-state index contributed by atoms with van der Waals surface area (Å²) < 4.78 is 5.92. The molecule has 3 nitrogen and oxygen atoms in total. The second kappa shape index (κ2) is 5.72. The number of aryl methyl sites for hydroxylation is 1. The van der Waals surface area contributed by atoms with Gasteiger partial charge in [-0.3, -0.25) is 0 Å². The second-order valence-electron chi connectivity index (χ2n) is 4.87. The number of nitrogens with zero attached hydrogens (tertiary/aromatic N) is 1. The summed E-state index contributed by atoms with van der Waals surface area (Å²) in [7, 11) is 0. The number of hydrogen-bond acceptors (Lipinski definition) is 3. The van der Waals surface area contributed by atoms with E-state index in [1.54, 1.807) is 6.20 Å². The fourth-order valence-corrected chi connectivity index (χ4v) is 2.42. The van der Waals surface area contributed by atoms with Crippen molar-refractivity contribution in [1.29, 1.82) is 0 Å². The molecule has 0 aliphatic rings. The zero-order chi connectivity index (χ0) is 14.8. The lowest BCUT2D eigenvalue weighted by molar-refractivity contribution is 0.469. The predicted octanol–water partition coefficient (Wildman–Crippen LogP) is 4.45. The SMILES string of the molecule is Cc1ccc(Cl)c(Oc2ncc(CN)c3ccccc23)c1. The zero-order valence-corrected chi connectivity index (χ0v) is 12.4. The van der Waals surface area contributed by atoms with Gasteiger partial charge in [-0.1, -0.05) is 35.9 Å². The van der Waals surface area contributed by atoms with E-state index in [4.69, 9.17) is 22.1 Å². The number of hydrogen-bond donors (Lipinski definition) is 1. The number of pyridine rings is 1. The average Bonchev–Trinajstić information content (AvgIpc) is 2.51. The lowest BCUT2D eigenvalue weighted by Crippen LogP contribution is -2.00. The summed E-state index contributed by atoms with van der Waals surface area (Å²) in [5, 5.41) is 2.54. The summed E-state index contributed by atoms with van der Waals surface area (Å²) in [6.45, 7) is 2.44. The van der Waals surface area contributed by atoms with Crippen molar-refractivity contribution in [3.05, 3.63) is 64.8 Å². The molecule has 0 fully saturated rings. The minimum absolute atomic E-state index is 0.443. The maximum Gasteiger partial charge on any atom is 0.227 e. The Bertz CT molecular complexity index is 802. The molecule has 4 heteroatoms. The Kier molecular flexibility index (Phi) is 3.78. The molecule has 0 unspecified atom stereocenters. The van der Waals surface area contributed by atoms with Crippen LogP contribution in [0.5, 0.6) is 11.6 Å². The summed E-state index contributed by atoms with van der Waals surface area (Å²) in [6, 6.07) is 13.6. The summed E-state index contributed by atoms with van der Waals surface area (Å²) in [4.78, 5) is 4.38. The van der Waals surface area contributed by atoms with Crippen LogP contribution >= 0.6 is 11.6 Å². The van der Waals surface area contributed by atoms with Gasteiger partial charge in [0, 0.05) is 18.1 Å². The van der Waals surface area contributed by atoms with E-state index >= 15 is 0 Å². The highest BCUT2D eigenvalue weighted by atomic mass is 35.5. The fourth-order valence-electron chi connectivity index (χ4n) is 2.26.